The Labute approximate surface area is 229 Å². The molecule has 0 fully saturated rings. The number of ketones is 1. The van der Waals surface area contributed by atoms with Gasteiger partial charge in [-0.25, -0.2) is 4.68 Å². The number of aliphatic hydroxyl groups is 1. The highest BCUT2D eigenvalue weighted by Crippen LogP contribution is 2.47. The molecule has 11 heteroatoms. The molecule has 0 spiro atoms. The second kappa shape index (κ2) is 10.4. The first-order valence-corrected chi connectivity index (χ1v) is 12.8. The molecule has 1 aliphatic heterocycles. The van der Waals surface area contributed by atoms with Crippen LogP contribution in [0.25, 0.3) is 0 Å². The summed E-state index contributed by atoms with van der Waals surface area (Å²) in [6.45, 7) is 0. The minimum absolute atomic E-state index is 0.0662. The van der Waals surface area contributed by atoms with Crippen molar-refractivity contribution in [2.45, 2.75) is 30.9 Å². The molecule has 0 aliphatic carbocycles. The van der Waals surface area contributed by atoms with Gasteiger partial charge in [0, 0.05) is 28.3 Å². The average molecular weight is 606 g/mol. The van der Waals surface area contributed by atoms with E-state index in [-0.39, 0.29) is 39.4 Å². The van der Waals surface area contributed by atoms with Crippen molar-refractivity contribution in [1.29, 1.82) is 0 Å². The van der Waals surface area contributed by atoms with Crippen molar-refractivity contribution in [3.05, 3.63) is 111 Å². The number of rotatable bonds is 6. The number of aromatic nitrogens is 2. The van der Waals surface area contributed by atoms with E-state index in [0.717, 1.165) is 4.68 Å². The molecule has 1 aromatic heterocycles. The van der Waals surface area contributed by atoms with Crippen molar-refractivity contribution < 1.29 is 23.1 Å². The van der Waals surface area contributed by atoms with E-state index in [1.165, 1.54) is 18.2 Å². The Bertz CT molecular complexity index is 1460. The molecule has 0 saturated carbocycles. The van der Waals surface area contributed by atoms with Crippen molar-refractivity contribution in [2.24, 2.45) is 0 Å². The lowest BCUT2D eigenvalue weighted by Gasteiger charge is -2.33. The Morgan fingerprint density at radius 2 is 1.76 bits per heavy atom. The third-order valence-corrected chi connectivity index (χ3v) is 7.35. The zero-order valence-corrected chi connectivity index (χ0v) is 21.9. The van der Waals surface area contributed by atoms with E-state index < -0.39 is 24.5 Å². The van der Waals surface area contributed by atoms with Gasteiger partial charge in [-0.2, -0.15) is 18.3 Å². The van der Waals surface area contributed by atoms with Crippen LogP contribution in [0.15, 0.2) is 83.3 Å². The maximum atomic E-state index is 14.1. The van der Waals surface area contributed by atoms with Gasteiger partial charge in [0.2, 0.25) is 0 Å². The van der Waals surface area contributed by atoms with E-state index >= 15 is 0 Å². The van der Waals surface area contributed by atoms with E-state index in [2.05, 4.69) is 31.7 Å². The van der Waals surface area contributed by atoms with Crippen LogP contribution in [0.2, 0.25) is 5.02 Å². The Kier molecular flexibility index (Phi) is 7.21. The molecule has 6 nitrogen and oxygen atoms in total. The molecule has 196 valence electrons. The topological polar surface area (TPSA) is 79.2 Å². The van der Waals surface area contributed by atoms with Crippen molar-refractivity contribution >= 4 is 44.8 Å². The van der Waals surface area contributed by atoms with E-state index in [1.807, 2.05) is 0 Å². The highest BCUT2D eigenvalue weighted by molar-refractivity contribution is 9.10. The quantitative estimate of drug-likeness (QED) is 0.159. The van der Waals surface area contributed by atoms with Crippen molar-refractivity contribution in [2.75, 3.05) is 10.6 Å². The number of fused-ring (bicyclic) bond motifs is 1. The van der Waals surface area contributed by atoms with E-state index in [9.17, 15) is 23.1 Å². The maximum absolute atomic E-state index is 14.1. The Balaban J connectivity index is 1.49. The Morgan fingerprint density at radius 3 is 2.42 bits per heavy atom. The normalized spacial score (nSPS) is 17.8. The fourth-order valence-electron chi connectivity index (χ4n) is 4.48. The predicted octanol–water partition coefficient (Wildman–Crippen LogP) is 7.29. The lowest BCUT2D eigenvalue weighted by atomic mass is 9.97. The van der Waals surface area contributed by atoms with Crippen molar-refractivity contribution in [1.82, 2.24) is 9.78 Å². The summed E-state index contributed by atoms with van der Waals surface area (Å²) in [5.41, 5.74) is 1.49. The molecule has 0 bridgehead atoms. The monoisotopic (exact) mass is 604 g/mol. The number of anilines is 2. The number of alkyl halides is 3. The minimum atomic E-state index is -4.57. The first kappa shape index (κ1) is 26.3. The third kappa shape index (κ3) is 5.16. The lowest BCUT2D eigenvalue weighted by Crippen LogP contribution is -2.35. The van der Waals surface area contributed by atoms with Crippen molar-refractivity contribution in [3.63, 3.8) is 0 Å². The van der Waals surface area contributed by atoms with Crippen LogP contribution >= 0.6 is 27.5 Å². The number of halogens is 5. The third-order valence-electron chi connectivity index (χ3n) is 6.34. The van der Waals surface area contributed by atoms with Crippen LogP contribution < -0.4 is 10.6 Å². The summed E-state index contributed by atoms with van der Waals surface area (Å²) >= 11 is 9.48. The van der Waals surface area contributed by atoms with Crippen molar-refractivity contribution in [3.8, 4) is 0 Å². The molecule has 2 heterocycles. The van der Waals surface area contributed by atoms with Crippen LogP contribution in [0, 0.1) is 0 Å². The molecular weight excluding hydrogens is 585 g/mol. The summed E-state index contributed by atoms with van der Waals surface area (Å²) in [7, 11) is 0. The molecule has 3 aromatic carbocycles. The molecular formula is C27H21BrClF3N4O2. The van der Waals surface area contributed by atoms with Crippen LogP contribution in [0.4, 0.5) is 24.7 Å². The average Bonchev–Trinajstić information content (AvgIpc) is 3.25. The molecule has 0 saturated heterocycles. The smallest absolute Gasteiger partial charge is 0.368 e. The number of nitrogens with one attached hydrogen (secondary N) is 2. The SMILES string of the molecule is O=C(c1ccccc1)c1cc(Cl)ccc1N[C@H](O)c1nn2c(c1Br)N[C@H](c1ccccc1)C[C@@H]2C(F)(F)F. The van der Waals surface area contributed by atoms with Crippen LogP contribution in [0.3, 0.4) is 0 Å². The summed E-state index contributed by atoms with van der Waals surface area (Å²) < 4.78 is 43.3. The van der Waals surface area contributed by atoms with Gasteiger partial charge in [0.1, 0.15) is 11.5 Å². The number of carbonyl (C=O) groups excluding carboxylic acids is 1. The fourth-order valence-corrected chi connectivity index (χ4v) is 5.24. The van der Waals surface area contributed by atoms with Crippen LogP contribution in [-0.2, 0) is 0 Å². The van der Waals surface area contributed by atoms with E-state index in [0.29, 0.717) is 16.1 Å². The Hall–Kier alpha value is -3.34. The summed E-state index contributed by atoms with van der Waals surface area (Å²) in [5, 5.41) is 21.4. The van der Waals surface area contributed by atoms with Gasteiger partial charge in [-0.3, -0.25) is 4.79 Å². The maximum Gasteiger partial charge on any atom is 0.410 e. The summed E-state index contributed by atoms with van der Waals surface area (Å²) in [6.07, 6.45) is -6.39. The van der Waals surface area contributed by atoms with Gasteiger partial charge in [0.15, 0.2) is 18.1 Å². The number of carbonyl (C=O) groups is 1. The molecule has 5 rings (SSSR count). The first-order chi connectivity index (χ1) is 18.1. The highest BCUT2D eigenvalue weighted by atomic mass is 79.9. The number of aliphatic hydroxyl groups excluding tert-OH is 1. The molecule has 0 amide bonds. The van der Waals surface area contributed by atoms with E-state index in [1.54, 1.807) is 60.7 Å². The molecule has 3 N–H and O–H groups in total. The summed E-state index contributed by atoms with van der Waals surface area (Å²) in [4.78, 5) is 13.1. The first-order valence-electron chi connectivity index (χ1n) is 11.6. The molecule has 3 atom stereocenters. The van der Waals surface area contributed by atoms with Crippen LogP contribution in [0.5, 0.6) is 0 Å². The number of hydrogen-bond acceptors (Lipinski definition) is 5. The molecule has 1 aliphatic rings. The lowest BCUT2D eigenvalue weighted by molar-refractivity contribution is -0.173. The number of benzene rings is 3. The predicted molar refractivity (Wildman–Crippen MR) is 142 cm³/mol. The molecule has 0 radical (unpaired) electrons. The largest absolute Gasteiger partial charge is 0.410 e. The molecule has 38 heavy (non-hydrogen) atoms. The second-order valence-corrected chi connectivity index (χ2v) is 10.1. The fraction of sp³-hybridized carbons (Fsp3) is 0.185. The zero-order valence-electron chi connectivity index (χ0n) is 19.6. The van der Waals surface area contributed by atoms with Gasteiger partial charge >= 0.3 is 6.18 Å². The standard InChI is InChI=1S/C27H21BrClF3N4O2/c28-22-23(26(38)34-19-12-11-17(29)13-18(19)24(37)16-9-5-2-6-10-16)35-36-21(27(30,31)32)14-20(33-25(22)36)15-7-3-1-4-8-15/h1-13,20-21,26,33-34,38H,14H2/t20-,21+,26+/m0/s1. The van der Waals surface area contributed by atoms with E-state index in [4.69, 9.17) is 11.6 Å². The Morgan fingerprint density at radius 1 is 1.11 bits per heavy atom. The molecule has 0 unspecified atom stereocenters. The zero-order chi connectivity index (χ0) is 27.0. The van der Waals surface area contributed by atoms with Gasteiger partial charge in [-0.1, -0.05) is 72.3 Å². The van der Waals surface area contributed by atoms with Gasteiger partial charge < -0.3 is 15.7 Å². The van der Waals surface area contributed by atoms with Crippen LogP contribution in [-0.4, -0.2) is 26.8 Å². The van der Waals surface area contributed by atoms with Crippen LogP contribution in [0.1, 0.15) is 51.9 Å². The van der Waals surface area contributed by atoms with Gasteiger partial charge in [0.25, 0.3) is 0 Å². The number of hydrogen-bond donors (Lipinski definition) is 3. The summed E-state index contributed by atoms with van der Waals surface area (Å²) in [6, 6.07) is 19.4. The highest BCUT2D eigenvalue weighted by Gasteiger charge is 2.47. The van der Waals surface area contributed by atoms with Gasteiger partial charge in [0.05, 0.1) is 10.5 Å². The van der Waals surface area contributed by atoms with Gasteiger partial charge in [-0.15, -0.1) is 0 Å². The minimum Gasteiger partial charge on any atom is -0.368 e. The molecule has 4 aromatic rings. The van der Waals surface area contributed by atoms with Gasteiger partial charge in [-0.05, 0) is 39.7 Å². The summed E-state index contributed by atoms with van der Waals surface area (Å²) in [5.74, 6) is -0.240. The number of nitrogens with zero attached hydrogens (tertiary/aromatic N) is 2. The second-order valence-electron chi connectivity index (χ2n) is 8.83.